The van der Waals surface area contributed by atoms with Crippen molar-refractivity contribution < 1.29 is 25.2 Å². The maximum atomic E-state index is 11.8. The zero-order valence-electron chi connectivity index (χ0n) is 13.6. The maximum Gasteiger partial charge on any atom is 0.251 e. The summed E-state index contributed by atoms with van der Waals surface area (Å²) in [5.74, 6) is -0.234. The van der Waals surface area contributed by atoms with Crippen molar-refractivity contribution in [1.29, 1.82) is 0 Å². The van der Waals surface area contributed by atoms with Crippen LogP contribution in [0, 0.1) is 0 Å². The Balaban J connectivity index is 2.49. The highest BCUT2D eigenvalue weighted by Gasteiger charge is 2.25. The third-order valence-corrected chi connectivity index (χ3v) is 3.99. The predicted octanol–water partition coefficient (Wildman–Crippen LogP) is 0.281. The van der Waals surface area contributed by atoms with Gasteiger partial charge in [0.25, 0.3) is 5.91 Å². The fourth-order valence-electron chi connectivity index (χ4n) is 2.15. The van der Waals surface area contributed by atoms with E-state index in [0.29, 0.717) is 5.92 Å². The fraction of sp³-hybridized carbons (Fsp3) is 0.588. The summed E-state index contributed by atoms with van der Waals surface area (Å²) in [6.07, 6.45) is -3.45. The first kappa shape index (κ1) is 19.6. The van der Waals surface area contributed by atoms with E-state index in [1.807, 2.05) is 24.3 Å². The Bertz CT molecular complexity index is 476. The number of aliphatic hydroxyl groups is 4. The summed E-state index contributed by atoms with van der Waals surface area (Å²) in [4.78, 5) is 11.8. The summed E-state index contributed by atoms with van der Waals surface area (Å²) in [7, 11) is 0. The predicted molar refractivity (Wildman–Crippen MR) is 86.7 cm³/mol. The number of amides is 1. The van der Waals surface area contributed by atoms with Crippen molar-refractivity contribution in [2.24, 2.45) is 0 Å². The number of hydrogen-bond acceptors (Lipinski definition) is 5. The standard InChI is InChI=1S/C17H27NO5/c1-3-11(2)13-6-4-12(5-7-13)9-18-17(23)16(22)15(21)8-14(20)10-19/h4-7,11,14-16,19-22H,3,8-10H2,1-2H3,(H,18,23). The topological polar surface area (TPSA) is 110 Å². The van der Waals surface area contributed by atoms with Crippen LogP contribution >= 0.6 is 0 Å². The van der Waals surface area contributed by atoms with E-state index in [1.54, 1.807) is 0 Å². The quantitative estimate of drug-likeness (QED) is 0.448. The first-order chi connectivity index (χ1) is 10.9. The van der Waals surface area contributed by atoms with Crippen molar-refractivity contribution in [3.8, 4) is 0 Å². The number of aliphatic hydroxyl groups excluding tert-OH is 4. The zero-order chi connectivity index (χ0) is 17.4. The lowest BCUT2D eigenvalue weighted by molar-refractivity contribution is -0.136. The molecule has 1 rings (SSSR count). The largest absolute Gasteiger partial charge is 0.394 e. The van der Waals surface area contributed by atoms with Crippen molar-refractivity contribution >= 4 is 5.91 Å². The van der Waals surface area contributed by atoms with Gasteiger partial charge in [0.05, 0.1) is 18.8 Å². The minimum absolute atomic E-state index is 0.242. The molecule has 4 atom stereocenters. The average Bonchev–Trinajstić information content (AvgIpc) is 2.58. The van der Waals surface area contributed by atoms with Gasteiger partial charge in [0.2, 0.25) is 0 Å². The van der Waals surface area contributed by atoms with Gasteiger partial charge >= 0.3 is 0 Å². The second-order valence-electron chi connectivity index (χ2n) is 5.85. The number of nitrogens with one attached hydrogen (secondary N) is 1. The Morgan fingerprint density at radius 1 is 1.17 bits per heavy atom. The lowest BCUT2D eigenvalue weighted by atomic mass is 9.97. The lowest BCUT2D eigenvalue weighted by Crippen LogP contribution is -2.43. The molecule has 1 amide bonds. The van der Waals surface area contributed by atoms with Gasteiger partial charge in [-0.3, -0.25) is 4.79 Å². The molecule has 1 aromatic rings. The Morgan fingerprint density at radius 3 is 2.30 bits per heavy atom. The Labute approximate surface area is 136 Å². The van der Waals surface area contributed by atoms with E-state index in [2.05, 4.69) is 19.2 Å². The van der Waals surface area contributed by atoms with Gasteiger partial charge in [0.1, 0.15) is 0 Å². The van der Waals surface area contributed by atoms with Gasteiger partial charge in [-0.05, 0) is 23.5 Å². The molecule has 0 aliphatic carbocycles. The first-order valence-corrected chi connectivity index (χ1v) is 7.90. The molecule has 4 unspecified atom stereocenters. The fourth-order valence-corrected chi connectivity index (χ4v) is 2.15. The molecule has 0 spiro atoms. The van der Waals surface area contributed by atoms with Crippen LogP contribution in [0.1, 0.15) is 43.7 Å². The molecule has 0 aliphatic rings. The lowest BCUT2D eigenvalue weighted by Gasteiger charge is -2.19. The summed E-state index contributed by atoms with van der Waals surface area (Å²) < 4.78 is 0. The smallest absolute Gasteiger partial charge is 0.251 e. The number of hydrogen-bond donors (Lipinski definition) is 5. The highest BCUT2D eigenvalue weighted by molar-refractivity contribution is 5.81. The van der Waals surface area contributed by atoms with E-state index in [-0.39, 0.29) is 13.0 Å². The van der Waals surface area contributed by atoms with Crippen LogP contribution in [-0.2, 0) is 11.3 Å². The van der Waals surface area contributed by atoms with Gasteiger partial charge in [-0.25, -0.2) is 0 Å². The minimum Gasteiger partial charge on any atom is -0.394 e. The van der Waals surface area contributed by atoms with Crippen molar-refractivity contribution in [1.82, 2.24) is 5.32 Å². The van der Waals surface area contributed by atoms with Crippen LogP contribution < -0.4 is 5.32 Å². The van der Waals surface area contributed by atoms with E-state index in [0.717, 1.165) is 12.0 Å². The normalized spacial score (nSPS) is 16.4. The number of carbonyl (C=O) groups excluding carboxylic acids is 1. The molecular formula is C17H27NO5. The number of benzene rings is 1. The van der Waals surface area contributed by atoms with Crippen LogP contribution in [0.5, 0.6) is 0 Å². The SMILES string of the molecule is CCC(C)c1ccc(CNC(=O)C(O)C(O)CC(O)CO)cc1. The van der Waals surface area contributed by atoms with Gasteiger partial charge in [0.15, 0.2) is 6.10 Å². The summed E-state index contributed by atoms with van der Waals surface area (Å²) in [5.41, 5.74) is 2.12. The first-order valence-electron chi connectivity index (χ1n) is 7.90. The number of carbonyl (C=O) groups is 1. The summed E-state index contributed by atoms with van der Waals surface area (Å²) >= 11 is 0. The van der Waals surface area contributed by atoms with Gasteiger partial charge in [-0.15, -0.1) is 0 Å². The van der Waals surface area contributed by atoms with Crippen molar-refractivity contribution in [2.45, 2.75) is 57.5 Å². The van der Waals surface area contributed by atoms with E-state index >= 15 is 0 Å². The molecule has 0 aliphatic heterocycles. The van der Waals surface area contributed by atoms with Crippen LogP contribution in [0.2, 0.25) is 0 Å². The summed E-state index contributed by atoms with van der Waals surface area (Å²) in [6, 6.07) is 7.86. The molecule has 0 aromatic heterocycles. The van der Waals surface area contributed by atoms with Crippen LogP contribution in [-0.4, -0.2) is 51.3 Å². The molecule has 5 N–H and O–H groups in total. The molecular weight excluding hydrogens is 298 g/mol. The van der Waals surface area contributed by atoms with E-state index in [1.165, 1.54) is 5.56 Å². The molecule has 6 nitrogen and oxygen atoms in total. The molecule has 130 valence electrons. The monoisotopic (exact) mass is 325 g/mol. The second-order valence-corrected chi connectivity index (χ2v) is 5.85. The van der Waals surface area contributed by atoms with E-state index in [9.17, 15) is 20.1 Å². The Morgan fingerprint density at radius 2 is 1.78 bits per heavy atom. The average molecular weight is 325 g/mol. The molecule has 0 fully saturated rings. The van der Waals surface area contributed by atoms with Crippen molar-refractivity contribution in [2.75, 3.05) is 6.61 Å². The van der Waals surface area contributed by atoms with Crippen LogP contribution in [0.25, 0.3) is 0 Å². The molecule has 1 aromatic carbocycles. The van der Waals surface area contributed by atoms with Crippen LogP contribution in [0.15, 0.2) is 24.3 Å². The highest BCUT2D eigenvalue weighted by atomic mass is 16.3. The van der Waals surface area contributed by atoms with Gasteiger partial charge in [-0.1, -0.05) is 38.1 Å². The van der Waals surface area contributed by atoms with Gasteiger partial charge < -0.3 is 25.7 Å². The second kappa shape index (κ2) is 9.62. The molecule has 6 heteroatoms. The highest BCUT2D eigenvalue weighted by Crippen LogP contribution is 2.18. The van der Waals surface area contributed by atoms with Gasteiger partial charge in [-0.2, -0.15) is 0 Å². The van der Waals surface area contributed by atoms with Crippen LogP contribution in [0.4, 0.5) is 0 Å². The summed E-state index contributed by atoms with van der Waals surface area (Å²) in [5, 5.41) is 39.8. The third-order valence-electron chi connectivity index (χ3n) is 3.99. The summed E-state index contributed by atoms with van der Waals surface area (Å²) in [6.45, 7) is 3.98. The van der Waals surface area contributed by atoms with Crippen molar-refractivity contribution in [3.63, 3.8) is 0 Å². The van der Waals surface area contributed by atoms with E-state index in [4.69, 9.17) is 5.11 Å². The molecule has 23 heavy (non-hydrogen) atoms. The minimum atomic E-state index is -1.64. The Hall–Kier alpha value is -1.47. The maximum absolute atomic E-state index is 11.8. The molecule has 0 radical (unpaired) electrons. The van der Waals surface area contributed by atoms with Gasteiger partial charge in [0, 0.05) is 13.0 Å². The molecule has 0 saturated carbocycles. The van der Waals surface area contributed by atoms with Crippen LogP contribution in [0.3, 0.4) is 0 Å². The zero-order valence-corrected chi connectivity index (χ0v) is 13.6. The Kier molecular flexibility index (Phi) is 8.19. The molecule has 0 saturated heterocycles. The third kappa shape index (κ3) is 6.27. The van der Waals surface area contributed by atoms with E-state index < -0.39 is 30.8 Å². The number of rotatable bonds is 9. The van der Waals surface area contributed by atoms with Crippen molar-refractivity contribution in [3.05, 3.63) is 35.4 Å². The molecule has 0 bridgehead atoms. The molecule has 0 heterocycles.